The number of benzene rings is 2. The fraction of sp³-hybridized carbons (Fsp3) is 0.409. The van der Waals surface area contributed by atoms with Gasteiger partial charge in [0.2, 0.25) is 0 Å². The van der Waals surface area contributed by atoms with E-state index in [0.717, 1.165) is 31.4 Å². The highest BCUT2D eigenvalue weighted by Gasteiger charge is 2.31. The molecule has 0 unspecified atom stereocenters. The molecule has 2 aromatic carbocycles. The SMILES string of the molecule is c1ccc([C@H]2NC(CCC3CCOCC3)=N[C@H]2c2ccccc2)cc1. The van der Waals surface area contributed by atoms with E-state index < -0.39 is 0 Å². The van der Waals surface area contributed by atoms with Crippen LogP contribution < -0.4 is 5.32 Å². The minimum Gasteiger partial charge on any atom is -0.381 e. The van der Waals surface area contributed by atoms with Crippen molar-refractivity contribution in [3.63, 3.8) is 0 Å². The lowest BCUT2D eigenvalue weighted by Gasteiger charge is -2.22. The third-order valence-electron chi connectivity index (χ3n) is 5.36. The Kier molecular flexibility index (Phi) is 5.12. The molecule has 2 aliphatic heterocycles. The molecule has 2 heterocycles. The van der Waals surface area contributed by atoms with E-state index >= 15 is 0 Å². The number of aliphatic imine (C=N–C) groups is 1. The molecule has 3 heteroatoms. The molecule has 0 aromatic heterocycles. The van der Waals surface area contributed by atoms with Crippen molar-refractivity contribution < 1.29 is 4.74 Å². The molecule has 0 amide bonds. The van der Waals surface area contributed by atoms with Crippen LogP contribution in [0, 0.1) is 5.92 Å². The number of amidine groups is 1. The van der Waals surface area contributed by atoms with Crippen LogP contribution in [-0.2, 0) is 4.74 Å². The van der Waals surface area contributed by atoms with Crippen LogP contribution in [-0.4, -0.2) is 19.0 Å². The largest absolute Gasteiger partial charge is 0.381 e. The molecule has 4 rings (SSSR count). The third kappa shape index (κ3) is 3.93. The Labute approximate surface area is 150 Å². The lowest BCUT2D eigenvalue weighted by atomic mass is 9.94. The van der Waals surface area contributed by atoms with Gasteiger partial charge in [0.1, 0.15) is 6.04 Å². The number of hydrogen-bond donors (Lipinski definition) is 1. The molecule has 0 aliphatic carbocycles. The molecule has 1 saturated heterocycles. The number of hydrogen-bond acceptors (Lipinski definition) is 3. The molecular weight excluding hydrogens is 308 g/mol. The van der Waals surface area contributed by atoms with Crippen LogP contribution in [0.4, 0.5) is 0 Å². The maximum absolute atomic E-state index is 5.48. The molecule has 0 spiro atoms. The van der Waals surface area contributed by atoms with Crippen LogP contribution in [0.1, 0.15) is 48.9 Å². The van der Waals surface area contributed by atoms with Gasteiger partial charge in [0.05, 0.1) is 11.9 Å². The van der Waals surface area contributed by atoms with Crippen molar-refractivity contribution in [2.45, 2.75) is 37.8 Å². The molecular formula is C22H26N2O. The summed E-state index contributed by atoms with van der Waals surface area (Å²) in [6.45, 7) is 1.84. The summed E-state index contributed by atoms with van der Waals surface area (Å²) in [6.07, 6.45) is 4.63. The van der Waals surface area contributed by atoms with Gasteiger partial charge < -0.3 is 10.1 Å². The highest BCUT2D eigenvalue weighted by atomic mass is 16.5. The zero-order chi connectivity index (χ0) is 16.9. The standard InChI is InChI=1S/C22H26N2O/c1-3-7-18(8-4-1)21-22(19-9-5-2-6-10-19)24-20(23-21)12-11-17-13-15-25-16-14-17/h1-10,17,21-22H,11-16H2,(H,23,24)/t21-,22+. The maximum atomic E-state index is 5.48. The quantitative estimate of drug-likeness (QED) is 0.861. The normalized spacial score (nSPS) is 23.9. The fourth-order valence-electron chi connectivity index (χ4n) is 3.89. The van der Waals surface area contributed by atoms with Gasteiger partial charge in [-0.2, -0.15) is 0 Å². The fourth-order valence-corrected chi connectivity index (χ4v) is 3.89. The van der Waals surface area contributed by atoms with Crippen molar-refractivity contribution in [1.82, 2.24) is 5.32 Å². The van der Waals surface area contributed by atoms with Crippen LogP contribution in [0.15, 0.2) is 65.7 Å². The summed E-state index contributed by atoms with van der Waals surface area (Å²) in [6, 6.07) is 21.7. The Morgan fingerprint density at radius 2 is 1.52 bits per heavy atom. The highest BCUT2D eigenvalue weighted by molar-refractivity contribution is 5.85. The van der Waals surface area contributed by atoms with Gasteiger partial charge in [0, 0.05) is 19.6 Å². The molecule has 2 aliphatic rings. The van der Waals surface area contributed by atoms with E-state index in [4.69, 9.17) is 9.73 Å². The molecule has 2 aromatic rings. The van der Waals surface area contributed by atoms with Crippen LogP contribution in [0.25, 0.3) is 0 Å². The minimum atomic E-state index is 0.160. The first-order valence-corrected chi connectivity index (χ1v) is 9.41. The Morgan fingerprint density at radius 1 is 0.880 bits per heavy atom. The second-order valence-electron chi connectivity index (χ2n) is 7.06. The van der Waals surface area contributed by atoms with E-state index in [-0.39, 0.29) is 12.1 Å². The lowest BCUT2D eigenvalue weighted by Crippen LogP contribution is -2.25. The first-order valence-electron chi connectivity index (χ1n) is 9.41. The first-order chi connectivity index (χ1) is 12.4. The van der Waals surface area contributed by atoms with Gasteiger partial charge >= 0.3 is 0 Å². The maximum Gasteiger partial charge on any atom is 0.101 e. The van der Waals surface area contributed by atoms with Crippen LogP contribution in [0.5, 0.6) is 0 Å². The third-order valence-corrected chi connectivity index (χ3v) is 5.36. The van der Waals surface area contributed by atoms with E-state index in [1.54, 1.807) is 0 Å². The number of nitrogens with zero attached hydrogens (tertiary/aromatic N) is 1. The molecule has 1 N–H and O–H groups in total. The Bertz CT molecular complexity index is 692. The summed E-state index contributed by atoms with van der Waals surface area (Å²) in [5, 5.41) is 3.71. The molecule has 3 nitrogen and oxygen atoms in total. The average Bonchev–Trinajstić information content (AvgIpc) is 3.13. The van der Waals surface area contributed by atoms with Gasteiger partial charge in [0.15, 0.2) is 0 Å². The summed E-state index contributed by atoms with van der Waals surface area (Å²) in [4.78, 5) is 5.07. The van der Waals surface area contributed by atoms with E-state index in [2.05, 4.69) is 66.0 Å². The number of nitrogens with one attached hydrogen (secondary N) is 1. The van der Waals surface area contributed by atoms with Gasteiger partial charge in [-0.15, -0.1) is 0 Å². The summed E-state index contributed by atoms with van der Waals surface area (Å²) in [5.41, 5.74) is 2.59. The van der Waals surface area contributed by atoms with Crippen molar-refractivity contribution in [2.24, 2.45) is 10.9 Å². The van der Waals surface area contributed by atoms with Crippen molar-refractivity contribution in [3.05, 3.63) is 71.8 Å². The summed E-state index contributed by atoms with van der Waals surface area (Å²) in [7, 11) is 0. The predicted octanol–water partition coefficient (Wildman–Crippen LogP) is 4.68. The van der Waals surface area contributed by atoms with Gasteiger partial charge in [-0.1, -0.05) is 60.7 Å². The van der Waals surface area contributed by atoms with Crippen LogP contribution in [0.3, 0.4) is 0 Å². The van der Waals surface area contributed by atoms with Crippen LogP contribution >= 0.6 is 0 Å². The molecule has 25 heavy (non-hydrogen) atoms. The number of ether oxygens (including phenoxy) is 1. The zero-order valence-corrected chi connectivity index (χ0v) is 14.6. The molecule has 130 valence electrons. The van der Waals surface area contributed by atoms with Crippen molar-refractivity contribution in [2.75, 3.05) is 13.2 Å². The smallest absolute Gasteiger partial charge is 0.101 e. The summed E-state index contributed by atoms with van der Waals surface area (Å²) in [5.74, 6) is 1.94. The van der Waals surface area contributed by atoms with Crippen molar-refractivity contribution >= 4 is 5.84 Å². The van der Waals surface area contributed by atoms with E-state index in [1.165, 1.54) is 30.4 Å². The summed E-state index contributed by atoms with van der Waals surface area (Å²) >= 11 is 0. The van der Waals surface area contributed by atoms with Crippen molar-refractivity contribution in [1.29, 1.82) is 0 Å². The molecule has 0 saturated carbocycles. The van der Waals surface area contributed by atoms with E-state index in [0.29, 0.717) is 0 Å². The first kappa shape index (κ1) is 16.3. The molecule has 0 radical (unpaired) electrons. The Balaban J connectivity index is 1.50. The Morgan fingerprint density at radius 3 is 2.20 bits per heavy atom. The highest BCUT2D eigenvalue weighted by Crippen LogP contribution is 2.36. The van der Waals surface area contributed by atoms with E-state index in [1.807, 2.05) is 0 Å². The zero-order valence-electron chi connectivity index (χ0n) is 14.6. The second-order valence-corrected chi connectivity index (χ2v) is 7.06. The monoisotopic (exact) mass is 334 g/mol. The number of rotatable bonds is 5. The van der Waals surface area contributed by atoms with Gasteiger partial charge in [-0.05, 0) is 36.3 Å². The molecule has 0 bridgehead atoms. The topological polar surface area (TPSA) is 33.6 Å². The summed E-state index contributed by atoms with van der Waals surface area (Å²) < 4.78 is 5.48. The molecule has 1 fully saturated rings. The Hall–Kier alpha value is -2.13. The van der Waals surface area contributed by atoms with Gasteiger partial charge in [0.25, 0.3) is 0 Å². The second kappa shape index (κ2) is 7.83. The van der Waals surface area contributed by atoms with E-state index in [9.17, 15) is 0 Å². The predicted molar refractivity (Wildman–Crippen MR) is 102 cm³/mol. The average molecular weight is 334 g/mol. The molecule has 2 atom stereocenters. The van der Waals surface area contributed by atoms with Gasteiger partial charge in [-0.25, -0.2) is 0 Å². The van der Waals surface area contributed by atoms with Crippen molar-refractivity contribution in [3.8, 4) is 0 Å². The lowest BCUT2D eigenvalue weighted by molar-refractivity contribution is 0.0645. The van der Waals surface area contributed by atoms with Crippen LogP contribution in [0.2, 0.25) is 0 Å². The van der Waals surface area contributed by atoms with Gasteiger partial charge in [-0.3, -0.25) is 4.99 Å². The minimum absolute atomic E-state index is 0.160.